The van der Waals surface area contributed by atoms with Gasteiger partial charge in [-0.2, -0.15) is 0 Å². The molecule has 0 amide bonds. The summed E-state index contributed by atoms with van der Waals surface area (Å²) < 4.78 is 13.9. The summed E-state index contributed by atoms with van der Waals surface area (Å²) in [6, 6.07) is 4.95. The number of benzene rings is 1. The number of thiocarbonyl (C=S) groups is 1. The molecular formula is C12H16FN3S. The zero-order valence-electron chi connectivity index (χ0n) is 9.82. The maximum atomic E-state index is 13.9. The van der Waals surface area contributed by atoms with Crippen molar-refractivity contribution in [1.29, 1.82) is 0 Å². The molecule has 92 valence electrons. The number of likely N-dealkylation sites (N-methyl/N-ethyl adjacent to an activating group) is 1. The van der Waals surface area contributed by atoms with Gasteiger partial charge in [0.1, 0.15) is 10.8 Å². The molecule has 1 aromatic carbocycles. The molecule has 1 aromatic rings. The highest BCUT2D eigenvalue weighted by molar-refractivity contribution is 7.80. The smallest absolute Gasteiger partial charge is 0.147 e. The third kappa shape index (κ3) is 2.73. The van der Waals surface area contributed by atoms with E-state index < -0.39 is 0 Å². The Bertz CT molecular complexity index is 428. The second-order valence-electron chi connectivity index (χ2n) is 4.32. The maximum absolute atomic E-state index is 13.9. The molecule has 2 N–H and O–H groups in total. The molecule has 1 fully saturated rings. The first kappa shape index (κ1) is 12.3. The van der Waals surface area contributed by atoms with Crippen LogP contribution in [0.4, 0.5) is 10.1 Å². The Kier molecular flexibility index (Phi) is 3.59. The Labute approximate surface area is 106 Å². The second-order valence-corrected chi connectivity index (χ2v) is 4.76. The van der Waals surface area contributed by atoms with Crippen molar-refractivity contribution in [2.45, 2.75) is 0 Å². The van der Waals surface area contributed by atoms with Crippen LogP contribution in [0.5, 0.6) is 0 Å². The van der Waals surface area contributed by atoms with Crippen LogP contribution in [-0.4, -0.2) is 43.1 Å². The summed E-state index contributed by atoms with van der Waals surface area (Å²) >= 11 is 4.83. The van der Waals surface area contributed by atoms with Crippen molar-refractivity contribution in [2.75, 3.05) is 38.1 Å². The van der Waals surface area contributed by atoms with Crippen LogP contribution in [0.25, 0.3) is 0 Å². The van der Waals surface area contributed by atoms with Gasteiger partial charge in [0.2, 0.25) is 0 Å². The number of nitrogens with zero attached hydrogens (tertiary/aromatic N) is 2. The largest absolute Gasteiger partial charge is 0.389 e. The first-order valence-electron chi connectivity index (χ1n) is 5.61. The van der Waals surface area contributed by atoms with E-state index in [0.29, 0.717) is 11.3 Å². The topological polar surface area (TPSA) is 32.5 Å². The highest BCUT2D eigenvalue weighted by atomic mass is 32.1. The van der Waals surface area contributed by atoms with Gasteiger partial charge < -0.3 is 15.5 Å². The molecular weight excluding hydrogens is 237 g/mol. The number of nitrogens with two attached hydrogens (primary N) is 1. The summed E-state index contributed by atoms with van der Waals surface area (Å²) in [5, 5.41) is 0. The minimum absolute atomic E-state index is 0.230. The maximum Gasteiger partial charge on any atom is 0.147 e. The average Bonchev–Trinajstić information content (AvgIpc) is 2.30. The van der Waals surface area contributed by atoms with Crippen molar-refractivity contribution in [3.63, 3.8) is 0 Å². The lowest BCUT2D eigenvalue weighted by Gasteiger charge is -2.34. The standard InChI is InChI=1S/C12H16FN3S/c1-15-4-6-16(7-5-15)11-3-2-9(12(14)17)8-10(11)13/h2-3,8H,4-7H2,1H3,(H2,14,17). The zero-order chi connectivity index (χ0) is 12.4. The normalized spacial score (nSPS) is 17.2. The lowest BCUT2D eigenvalue weighted by atomic mass is 10.1. The van der Waals surface area contributed by atoms with Crippen LogP contribution < -0.4 is 10.6 Å². The number of halogens is 1. The number of piperazine rings is 1. The molecule has 0 atom stereocenters. The molecule has 1 heterocycles. The quantitative estimate of drug-likeness (QED) is 0.803. The van der Waals surface area contributed by atoms with Gasteiger partial charge in [-0.3, -0.25) is 0 Å². The van der Waals surface area contributed by atoms with Crippen LogP contribution in [0.2, 0.25) is 0 Å². The molecule has 0 spiro atoms. The first-order valence-corrected chi connectivity index (χ1v) is 6.01. The molecule has 0 bridgehead atoms. The highest BCUT2D eigenvalue weighted by Crippen LogP contribution is 2.21. The molecule has 3 nitrogen and oxygen atoms in total. The lowest BCUT2D eigenvalue weighted by Crippen LogP contribution is -2.44. The van der Waals surface area contributed by atoms with Crippen molar-refractivity contribution in [1.82, 2.24) is 4.90 Å². The van der Waals surface area contributed by atoms with Crippen molar-refractivity contribution in [3.05, 3.63) is 29.6 Å². The second kappa shape index (κ2) is 4.98. The van der Waals surface area contributed by atoms with Crippen LogP contribution in [0.15, 0.2) is 18.2 Å². The third-order valence-corrected chi connectivity index (χ3v) is 3.31. The van der Waals surface area contributed by atoms with E-state index >= 15 is 0 Å². The molecule has 0 saturated carbocycles. The fourth-order valence-corrected chi connectivity index (χ4v) is 2.09. The Morgan fingerprint density at radius 1 is 1.29 bits per heavy atom. The van der Waals surface area contributed by atoms with Gasteiger partial charge in [-0.25, -0.2) is 4.39 Å². The molecule has 1 aliphatic rings. The monoisotopic (exact) mass is 253 g/mol. The van der Waals surface area contributed by atoms with Gasteiger partial charge in [0.25, 0.3) is 0 Å². The number of rotatable bonds is 2. The lowest BCUT2D eigenvalue weighted by molar-refractivity contribution is 0.311. The Morgan fingerprint density at radius 2 is 1.94 bits per heavy atom. The van der Waals surface area contributed by atoms with Crippen molar-refractivity contribution in [3.8, 4) is 0 Å². The van der Waals surface area contributed by atoms with Crippen molar-refractivity contribution >= 4 is 22.9 Å². The zero-order valence-corrected chi connectivity index (χ0v) is 10.6. The SMILES string of the molecule is CN1CCN(c2ccc(C(N)=S)cc2F)CC1. The minimum atomic E-state index is -0.250. The van der Waals surface area contributed by atoms with Crippen LogP contribution in [-0.2, 0) is 0 Å². The molecule has 1 aliphatic heterocycles. The summed E-state index contributed by atoms with van der Waals surface area (Å²) in [4.78, 5) is 4.52. The molecule has 17 heavy (non-hydrogen) atoms. The van der Waals surface area contributed by atoms with Crippen LogP contribution in [0.1, 0.15) is 5.56 Å². The summed E-state index contributed by atoms with van der Waals surface area (Å²) in [5.74, 6) is -0.250. The number of anilines is 1. The van der Waals surface area contributed by atoms with E-state index in [-0.39, 0.29) is 10.8 Å². The Morgan fingerprint density at radius 3 is 2.47 bits per heavy atom. The third-order valence-electron chi connectivity index (χ3n) is 3.08. The summed E-state index contributed by atoms with van der Waals surface area (Å²) in [6.07, 6.45) is 0. The predicted octanol–water partition coefficient (Wildman–Crippen LogP) is 1.21. The summed E-state index contributed by atoms with van der Waals surface area (Å²) in [7, 11) is 2.07. The van der Waals surface area contributed by atoms with E-state index in [4.69, 9.17) is 18.0 Å². The van der Waals surface area contributed by atoms with E-state index in [1.54, 1.807) is 12.1 Å². The highest BCUT2D eigenvalue weighted by Gasteiger charge is 2.17. The van der Waals surface area contributed by atoms with Gasteiger partial charge in [0, 0.05) is 31.7 Å². The van der Waals surface area contributed by atoms with E-state index in [9.17, 15) is 4.39 Å². The van der Waals surface area contributed by atoms with Gasteiger partial charge in [-0.1, -0.05) is 12.2 Å². The Hall–Kier alpha value is -1.20. The van der Waals surface area contributed by atoms with Crippen molar-refractivity contribution < 1.29 is 4.39 Å². The Balaban J connectivity index is 2.19. The van der Waals surface area contributed by atoms with Gasteiger partial charge in [0.15, 0.2) is 0 Å². The molecule has 1 saturated heterocycles. The van der Waals surface area contributed by atoms with Gasteiger partial charge in [-0.15, -0.1) is 0 Å². The number of hydrogen-bond donors (Lipinski definition) is 1. The molecule has 0 aliphatic carbocycles. The minimum Gasteiger partial charge on any atom is -0.389 e. The molecule has 0 unspecified atom stereocenters. The molecule has 2 rings (SSSR count). The summed E-state index contributed by atoms with van der Waals surface area (Å²) in [5.41, 5.74) is 6.69. The van der Waals surface area contributed by atoms with E-state index in [0.717, 1.165) is 26.2 Å². The van der Waals surface area contributed by atoms with E-state index in [2.05, 4.69) is 16.8 Å². The summed E-state index contributed by atoms with van der Waals surface area (Å²) in [6.45, 7) is 3.60. The van der Waals surface area contributed by atoms with E-state index in [1.165, 1.54) is 6.07 Å². The van der Waals surface area contributed by atoms with E-state index in [1.807, 2.05) is 0 Å². The molecule has 0 radical (unpaired) electrons. The van der Waals surface area contributed by atoms with Crippen LogP contribution in [0, 0.1) is 5.82 Å². The van der Waals surface area contributed by atoms with Crippen molar-refractivity contribution in [2.24, 2.45) is 5.73 Å². The fourth-order valence-electron chi connectivity index (χ4n) is 1.96. The molecule has 0 aromatic heterocycles. The average molecular weight is 253 g/mol. The fraction of sp³-hybridized carbons (Fsp3) is 0.417. The van der Waals surface area contributed by atoms with Crippen LogP contribution >= 0.6 is 12.2 Å². The first-order chi connectivity index (χ1) is 8.08. The predicted molar refractivity (Wildman–Crippen MR) is 72.0 cm³/mol. The van der Waals surface area contributed by atoms with Gasteiger partial charge >= 0.3 is 0 Å². The van der Waals surface area contributed by atoms with Gasteiger partial charge in [-0.05, 0) is 25.2 Å². The number of hydrogen-bond acceptors (Lipinski definition) is 3. The van der Waals surface area contributed by atoms with Crippen LogP contribution in [0.3, 0.4) is 0 Å². The molecule has 5 heteroatoms. The van der Waals surface area contributed by atoms with Gasteiger partial charge in [0.05, 0.1) is 5.69 Å².